The molecule has 0 spiro atoms. The number of fused-ring (bicyclic) bond motifs is 3. The van der Waals surface area contributed by atoms with Crippen molar-refractivity contribution in [1.82, 2.24) is 9.55 Å². The molecule has 7 aromatic rings. The average molecular weight is 530 g/mol. The summed E-state index contributed by atoms with van der Waals surface area (Å²) in [4.78, 5) is 6.70. The molecular weight excluding hydrogens is 505 g/mol. The van der Waals surface area contributed by atoms with Gasteiger partial charge >= 0.3 is 7.69 Å². The first-order chi connectivity index (χ1) is 20.3. The molecular formula is C35H25BN3O2. The zero-order chi connectivity index (χ0) is 27.6. The first-order valence-corrected chi connectivity index (χ1v) is 13.4. The van der Waals surface area contributed by atoms with Crippen molar-refractivity contribution in [2.75, 3.05) is 4.90 Å². The van der Waals surface area contributed by atoms with Gasteiger partial charge in [-0.15, -0.1) is 0 Å². The monoisotopic (exact) mass is 530 g/mol. The molecule has 195 valence electrons. The summed E-state index contributed by atoms with van der Waals surface area (Å²) < 4.78 is 7.43. The van der Waals surface area contributed by atoms with Crippen LogP contribution in [-0.2, 0) is 0 Å². The van der Waals surface area contributed by atoms with Gasteiger partial charge < -0.3 is 14.2 Å². The van der Waals surface area contributed by atoms with Crippen molar-refractivity contribution in [1.29, 1.82) is 0 Å². The van der Waals surface area contributed by atoms with Crippen molar-refractivity contribution in [3.05, 3.63) is 146 Å². The van der Waals surface area contributed by atoms with Crippen LogP contribution in [0.4, 0.5) is 17.2 Å². The molecule has 1 N–H and O–H groups in total. The molecule has 41 heavy (non-hydrogen) atoms. The third-order valence-corrected chi connectivity index (χ3v) is 7.31. The summed E-state index contributed by atoms with van der Waals surface area (Å²) in [6.07, 6.45) is 1.79. The molecule has 2 heterocycles. The minimum absolute atomic E-state index is 0.552. The predicted octanol–water partition coefficient (Wildman–Crippen LogP) is 8.22. The second-order valence-corrected chi connectivity index (χ2v) is 9.71. The van der Waals surface area contributed by atoms with Gasteiger partial charge in [-0.05, 0) is 90.0 Å². The van der Waals surface area contributed by atoms with Gasteiger partial charge in [-0.3, -0.25) is 4.90 Å². The van der Waals surface area contributed by atoms with Gasteiger partial charge in [0.2, 0.25) is 0 Å². The first-order valence-electron chi connectivity index (χ1n) is 13.4. The van der Waals surface area contributed by atoms with Crippen LogP contribution in [0, 0.1) is 0 Å². The first kappa shape index (κ1) is 24.7. The molecule has 0 saturated heterocycles. The Labute approximate surface area is 238 Å². The topological polar surface area (TPSA) is 50.5 Å². The molecule has 0 aliphatic carbocycles. The van der Waals surface area contributed by atoms with Crippen LogP contribution in [0.2, 0.25) is 0 Å². The van der Waals surface area contributed by atoms with Crippen LogP contribution in [0.15, 0.2) is 146 Å². The Morgan fingerprint density at radius 3 is 2.00 bits per heavy atom. The van der Waals surface area contributed by atoms with Gasteiger partial charge in [0, 0.05) is 34.0 Å². The maximum Gasteiger partial charge on any atom is 0.569 e. The average Bonchev–Trinajstić information content (AvgIpc) is 3.37. The number of hydrogen-bond acceptors (Lipinski definition) is 4. The highest BCUT2D eigenvalue weighted by Gasteiger charge is 2.15. The molecule has 7 rings (SSSR count). The standard InChI is InChI=1S/C35H25BN3O2/c40-36-41-30-20-18-29(19-21-30)38(35-12-6-7-23-37-35)28-16-13-25(14-17-28)26-15-22-34-32(24-26)31-10-4-5-11-33(31)39(34)27-8-2-1-3-9-27/h1-24,40H. The smallest absolute Gasteiger partial charge is 0.537 e. The van der Waals surface area contributed by atoms with E-state index in [2.05, 4.69) is 105 Å². The van der Waals surface area contributed by atoms with Crippen LogP contribution in [0.1, 0.15) is 0 Å². The van der Waals surface area contributed by atoms with Gasteiger partial charge in [-0.2, -0.15) is 0 Å². The van der Waals surface area contributed by atoms with Crippen molar-refractivity contribution in [2.24, 2.45) is 0 Å². The van der Waals surface area contributed by atoms with E-state index in [1.54, 1.807) is 6.20 Å². The fourth-order valence-electron chi connectivity index (χ4n) is 5.44. The van der Waals surface area contributed by atoms with Crippen LogP contribution in [0.25, 0.3) is 38.6 Å². The summed E-state index contributed by atoms with van der Waals surface area (Å²) in [7, 11) is 0.682. The summed E-state index contributed by atoms with van der Waals surface area (Å²) in [5, 5.41) is 11.4. The molecule has 0 amide bonds. The fraction of sp³-hybridized carbons (Fsp3) is 0. The molecule has 0 bridgehead atoms. The van der Waals surface area contributed by atoms with Crippen molar-refractivity contribution in [3.63, 3.8) is 0 Å². The quantitative estimate of drug-likeness (QED) is 0.211. The Hall–Kier alpha value is -5.33. The van der Waals surface area contributed by atoms with E-state index in [4.69, 9.17) is 9.68 Å². The second-order valence-electron chi connectivity index (χ2n) is 9.71. The summed E-state index contributed by atoms with van der Waals surface area (Å²) in [6, 6.07) is 47.7. The number of aromatic nitrogens is 2. The lowest BCUT2D eigenvalue weighted by molar-refractivity contribution is 0.454. The minimum Gasteiger partial charge on any atom is -0.537 e. The molecule has 0 aliphatic rings. The molecule has 0 unspecified atom stereocenters. The molecule has 6 heteroatoms. The minimum atomic E-state index is 0.552. The van der Waals surface area contributed by atoms with Crippen LogP contribution in [-0.4, -0.2) is 22.3 Å². The van der Waals surface area contributed by atoms with Gasteiger partial charge in [-0.25, -0.2) is 4.98 Å². The zero-order valence-corrected chi connectivity index (χ0v) is 22.1. The van der Waals surface area contributed by atoms with Crippen molar-refractivity contribution >= 4 is 46.7 Å². The molecule has 0 atom stereocenters. The summed E-state index contributed by atoms with van der Waals surface area (Å²) in [5.41, 5.74) is 7.74. The van der Waals surface area contributed by atoms with Crippen LogP contribution in [0.5, 0.6) is 5.75 Å². The molecule has 5 aromatic carbocycles. The van der Waals surface area contributed by atoms with E-state index >= 15 is 0 Å². The van der Waals surface area contributed by atoms with Gasteiger partial charge in [0.1, 0.15) is 11.6 Å². The van der Waals surface area contributed by atoms with Gasteiger partial charge in [-0.1, -0.05) is 60.7 Å². The van der Waals surface area contributed by atoms with E-state index in [0.717, 1.165) is 34.0 Å². The molecule has 1 radical (unpaired) electrons. The van der Waals surface area contributed by atoms with Crippen molar-refractivity contribution in [2.45, 2.75) is 0 Å². The highest BCUT2D eigenvalue weighted by Crippen LogP contribution is 2.37. The largest absolute Gasteiger partial charge is 0.569 e. The number of rotatable bonds is 7. The molecule has 0 fully saturated rings. The number of hydrogen-bond donors (Lipinski definition) is 1. The lowest BCUT2D eigenvalue weighted by atomic mass is 10.0. The lowest BCUT2D eigenvalue weighted by Gasteiger charge is -2.24. The summed E-state index contributed by atoms with van der Waals surface area (Å²) in [6.45, 7) is 0. The third-order valence-electron chi connectivity index (χ3n) is 7.31. The lowest BCUT2D eigenvalue weighted by Crippen LogP contribution is -2.11. The Balaban J connectivity index is 1.29. The Bertz CT molecular complexity index is 1940. The van der Waals surface area contributed by atoms with E-state index in [-0.39, 0.29) is 0 Å². The van der Waals surface area contributed by atoms with E-state index in [9.17, 15) is 0 Å². The maximum atomic E-state index is 8.97. The highest BCUT2D eigenvalue weighted by atomic mass is 16.5. The Kier molecular flexibility index (Phi) is 6.43. The number of nitrogens with zero attached hydrogens (tertiary/aromatic N) is 3. The summed E-state index contributed by atoms with van der Waals surface area (Å²) >= 11 is 0. The number of pyridine rings is 1. The van der Waals surface area contributed by atoms with E-state index < -0.39 is 0 Å². The van der Waals surface area contributed by atoms with Gasteiger partial charge in [0.25, 0.3) is 0 Å². The summed E-state index contributed by atoms with van der Waals surface area (Å²) in [5.74, 6) is 1.36. The highest BCUT2D eigenvalue weighted by molar-refractivity contribution is 6.17. The number of para-hydroxylation sites is 2. The number of benzene rings is 5. The predicted molar refractivity (Wildman–Crippen MR) is 167 cm³/mol. The normalized spacial score (nSPS) is 11.0. The van der Waals surface area contributed by atoms with Crippen LogP contribution in [0.3, 0.4) is 0 Å². The van der Waals surface area contributed by atoms with E-state index in [1.165, 1.54) is 21.8 Å². The molecule has 5 nitrogen and oxygen atoms in total. The van der Waals surface area contributed by atoms with Crippen LogP contribution < -0.4 is 9.55 Å². The number of anilines is 3. The van der Waals surface area contributed by atoms with E-state index in [1.807, 2.05) is 48.5 Å². The van der Waals surface area contributed by atoms with Gasteiger partial charge in [0.15, 0.2) is 0 Å². The van der Waals surface area contributed by atoms with Crippen molar-refractivity contribution in [3.8, 4) is 22.6 Å². The molecule has 2 aromatic heterocycles. The third kappa shape index (κ3) is 4.60. The van der Waals surface area contributed by atoms with Crippen LogP contribution >= 0.6 is 0 Å². The molecule has 0 aliphatic heterocycles. The SMILES string of the molecule is O[B]Oc1ccc(N(c2ccc(-c3ccc4c(c3)c3ccccc3n4-c3ccccc3)cc2)c2ccccn2)cc1. The molecule has 0 saturated carbocycles. The van der Waals surface area contributed by atoms with E-state index in [0.29, 0.717) is 13.4 Å². The fourth-order valence-corrected chi connectivity index (χ4v) is 5.44. The maximum absolute atomic E-state index is 8.97. The Morgan fingerprint density at radius 1 is 0.610 bits per heavy atom. The zero-order valence-electron chi connectivity index (χ0n) is 22.1. The second kappa shape index (κ2) is 10.7. The Morgan fingerprint density at radius 2 is 1.27 bits per heavy atom. The van der Waals surface area contributed by atoms with Crippen molar-refractivity contribution < 1.29 is 9.68 Å². The van der Waals surface area contributed by atoms with Gasteiger partial charge in [0.05, 0.1) is 11.0 Å².